The molecule has 1 saturated carbocycles. The van der Waals surface area contributed by atoms with E-state index in [4.69, 9.17) is 0 Å². The first-order valence-corrected chi connectivity index (χ1v) is 7.91. The summed E-state index contributed by atoms with van der Waals surface area (Å²) in [6.45, 7) is 2.78. The molecule has 1 aromatic heterocycles. The van der Waals surface area contributed by atoms with Gasteiger partial charge in [0.25, 0.3) is 5.91 Å². The minimum Gasteiger partial charge on any atom is -0.369 e. The molecule has 2 atom stereocenters. The molecule has 104 valence electrons. The third kappa shape index (κ3) is 3.83. The second kappa shape index (κ2) is 6.75. The molecule has 2 N–H and O–H groups in total. The Morgan fingerprint density at radius 2 is 2.26 bits per heavy atom. The molecule has 1 heterocycles. The molecule has 0 bridgehead atoms. The number of thioether (sulfide) groups is 1. The number of hydrogen-bond donors (Lipinski definition) is 2. The lowest BCUT2D eigenvalue weighted by Gasteiger charge is -2.12. The number of amides is 1. The van der Waals surface area contributed by atoms with Crippen molar-refractivity contribution < 1.29 is 4.79 Å². The Hall–Kier alpha value is -1.30. The standard InChI is InChI=1S/C13H20N4OS/c1-3-14-12-8-15-11(7-16-12)13(18)17-9-4-5-10(6-9)19-2/h7-10H,3-6H2,1-2H3,(H,14,16)(H,17,18). The Balaban J connectivity index is 1.89. The maximum Gasteiger partial charge on any atom is 0.271 e. The van der Waals surface area contributed by atoms with Crippen LogP contribution in [-0.2, 0) is 0 Å². The fourth-order valence-electron chi connectivity index (χ4n) is 2.26. The smallest absolute Gasteiger partial charge is 0.271 e. The zero-order chi connectivity index (χ0) is 13.7. The first-order valence-electron chi connectivity index (χ1n) is 6.62. The molecular formula is C13H20N4OS. The van der Waals surface area contributed by atoms with E-state index in [-0.39, 0.29) is 11.9 Å². The lowest BCUT2D eigenvalue weighted by molar-refractivity contribution is 0.0932. The first kappa shape index (κ1) is 14.1. The Labute approximate surface area is 118 Å². The van der Waals surface area contributed by atoms with Crippen molar-refractivity contribution in [3.63, 3.8) is 0 Å². The zero-order valence-electron chi connectivity index (χ0n) is 11.3. The van der Waals surface area contributed by atoms with E-state index in [1.54, 1.807) is 6.20 Å². The van der Waals surface area contributed by atoms with E-state index in [9.17, 15) is 4.79 Å². The van der Waals surface area contributed by atoms with Gasteiger partial charge in [0, 0.05) is 17.8 Å². The van der Waals surface area contributed by atoms with E-state index in [1.807, 2.05) is 18.7 Å². The number of nitrogens with one attached hydrogen (secondary N) is 2. The highest BCUT2D eigenvalue weighted by molar-refractivity contribution is 7.99. The summed E-state index contributed by atoms with van der Waals surface area (Å²) >= 11 is 1.88. The van der Waals surface area contributed by atoms with Crippen molar-refractivity contribution in [1.29, 1.82) is 0 Å². The van der Waals surface area contributed by atoms with Crippen molar-refractivity contribution in [3.05, 3.63) is 18.1 Å². The monoisotopic (exact) mass is 280 g/mol. The van der Waals surface area contributed by atoms with Gasteiger partial charge in [0.1, 0.15) is 11.5 Å². The van der Waals surface area contributed by atoms with Gasteiger partial charge in [0.2, 0.25) is 0 Å². The fraction of sp³-hybridized carbons (Fsp3) is 0.615. The molecule has 0 aromatic carbocycles. The number of hydrogen-bond acceptors (Lipinski definition) is 5. The number of rotatable bonds is 5. The van der Waals surface area contributed by atoms with E-state index in [0.29, 0.717) is 16.8 Å². The normalized spacial score (nSPS) is 22.2. The molecule has 0 aliphatic heterocycles. The average molecular weight is 280 g/mol. The Kier molecular flexibility index (Phi) is 5.01. The van der Waals surface area contributed by atoms with Crippen LogP contribution in [0.25, 0.3) is 0 Å². The first-order chi connectivity index (χ1) is 9.22. The molecule has 0 spiro atoms. The molecule has 5 nitrogen and oxygen atoms in total. The lowest BCUT2D eigenvalue weighted by Crippen LogP contribution is -2.33. The van der Waals surface area contributed by atoms with Crippen molar-refractivity contribution in [1.82, 2.24) is 15.3 Å². The van der Waals surface area contributed by atoms with Gasteiger partial charge in [-0.2, -0.15) is 11.8 Å². The summed E-state index contributed by atoms with van der Waals surface area (Å²) in [5.41, 5.74) is 0.384. The Bertz CT molecular complexity index is 423. The third-order valence-corrected chi connectivity index (χ3v) is 4.39. The van der Waals surface area contributed by atoms with Gasteiger partial charge < -0.3 is 10.6 Å². The molecule has 2 unspecified atom stereocenters. The summed E-state index contributed by atoms with van der Waals surface area (Å²) in [4.78, 5) is 20.3. The number of aromatic nitrogens is 2. The summed E-state index contributed by atoms with van der Waals surface area (Å²) in [6, 6.07) is 0.278. The molecule has 1 aliphatic carbocycles. The Morgan fingerprint density at radius 3 is 2.84 bits per heavy atom. The molecule has 1 aliphatic rings. The van der Waals surface area contributed by atoms with Crippen LogP contribution in [0.4, 0.5) is 5.82 Å². The maximum atomic E-state index is 12.0. The van der Waals surface area contributed by atoms with Gasteiger partial charge in [0.05, 0.1) is 12.4 Å². The van der Waals surface area contributed by atoms with Gasteiger partial charge in [-0.15, -0.1) is 0 Å². The largest absolute Gasteiger partial charge is 0.369 e. The van der Waals surface area contributed by atoms with Crippen molar-refractivity contribution >= 4 is 23.5 Å². The van der Waals surface area contributed by atoms with Crippen molar-refractivity contribution in [2.75, 3.05) is 18.1 Å². The van der Waals surface area contributed by atoms with Gasteiger partial charge in [0.15, 0.2) is 0 Å². The van der Waals surface area contributed by atoms with Crippen molar-refractivity contribution in [2.24, 2.45) is 0 Å². The SMILES string of the molecule is CCNc1cnc(C(=O)NC2CCC(SC)C2)cn1. The molecule has 2 rings (SSSR count). The molecule has 1 amide bonds. The number of carbonyl (C=O) groups is 1. The zero-order valence-corrected chi connectivity index (χ0v) is 12.2. The minimum atomic E-state index is -0.123. The minimum absolute atomic E-state index is 0.123. The second-order valence-electron chi connectivity index (χ2n) is 4.66. The molecule has 19 heavy (non-hydrogen) atoms. The topological polar surface area (TPSA) is 66.9 Å². The van der Waals surface area contributed by atoms with Gasteiger partial charge in [-0.25, -0.2) is 9.97 Å². The van der Waals surface area contributed by atoms with E-state index >= 15 is 0 Å². The van der Waals surface area contributed by atoms with Crippen molar-refractivity contribution in [3.8, 4) is 0 Å². The van der Waals surface area contributed by atoms with Crippen LogP contribution in [0.3, 0.4) is 0 Å². The number of nitrogens with zero attached hydrogens (tertiary/aromatic N) is 2. The lowest BCUT2D eigenvalue weighted by atomic mass is 10.2. The van der Waals surface area contributed by atoms with E-state index < -0.39 is 0 Å². The van der Waals surface area contributed by atoms with Gasteiger partial charge in [-0.3, -0.25) is 4.79 Å². The van der Waals surface area contributed by atoms with Crippen LogP contribution in [0.5, 0.6) is 0 Å². The summed E-state index contributed by atoms with van der Waals surface area (Å²) in [6.07, 6.45) is 8.53. The molecule has 0 radical (unpaired) electrons. The number of carbonyl (C=O) groups excluding carboxylic acids is 1. The maximum absolute atomic E-state index is 12.0. The number of anilines is 1. The van der Waals surface area contributed by atoms with Gasteiger partial charge in [-0.05, 0) is 32.4 Å². The highest BCUT2D eigenvalue weighted by atomic mass is 32.2. The predicted octanol–water partition coefficient (Wildman–Crippen LogP) is 1.92. The highest BCUT2D eigenvalue weighted by Crippen LogP contribution is 2.28. The summed E-state index contributed by atoms with van der Waals surface area (Å²) in [7, 11) is 0. The fourth-order valence-corrected chi connectivity index (χ4v) is 3.06. The predicted molar refractivity (Wildman–Crippen MR) is 78.6 cm³/mol. The molecule has 1 fully saturated rings. The Morgan fingerprint density at radius 1 is 1.42 bits per heavy atom. The average Bonchev–Trinajstić information content (AvgIpc) is 2.87. The van der Waals surface area contributed by atoms with Crippen LogP contribution in [0, 0.1) is 0 Å². The molecule has 1 aromatic rings. The van der Waals surface area contributed by atoms with Gasteiger partial charge >= 0.3 is 0 Å². The van der Waals surface area contributed by atoms with Crippen molar-refractivity contribution in [2.45, 2.75) is 37.5 Å². The molecule has 6 heteroatoms. The van der Waals surface area contributed by atoms with E-state index in [1.165, 1.54) is 12.6 Å². The summed E-state index contributed by atoms with van der Waals surface area (Å²) < 4.78 is 0. The van der Waals surface area contributed by atoms with Crippen LogP contribution < -0.4 is 10.6 Å². The van der Waals surface area contributed by atoms with Crippen LogP contribution >= 0.6 is 11.8 Å². The summed E-state index contributed by atoms with van der Waals surface area (Å²) in [5.74, 6) is 0.574. The van der Waals surface area contributed by atoms with E-state index in [2.05, 4.69) is 26.9 Å². The van der Waals surface area contributed by atoms with E-state index in [0.717, 1.165) is 19.4 Å². The quantitative estimate of drug-likeness (QED) is 0.862. The molecular weight excluding hydrogens is 260 g/mol. The van der Waals surface area contributed by atoms with Crippen LogP contribution in [-0.4, -0.2) is 40.0 Å². The van der Waals surface area contributed by atoms with Crippen LogP contribution in [0.1, 0.15) is 36.7 Å². The molecule has 0 saturated heterocycles. The highest BCUT2D eigenvalue weighted by Gasteiger charge is 2.25. The summed E-state index contributed by atoms with van der Waals surface area (Å²) in [5, 5.41) is 6.76. The van der Waals surface area contributed by atoms with Gasteiger partial charge in [-0.1, -0.05) is 0 Å². The third-order valence-electron chi connectivity index (χ3n) is 3.30. The second-order valence-corrected chi connectivity index (χ2v) is 5.80. The van der Waals surface area contributed by atoms with Crippen LogP contribution in [0.2, 0.25) is 0 Å². The van der Waals surface area contributed by atoms with Crippen LogP contribution in [0.15, 0.2) is 12.4 Å².